The molecule has 120 valence electrons. The number of urea groups is 1. The second-order valence-electron chi connectivity index (χ2n) is 5.06. The number of nitrogens with zero attached hydrogens (tertiary/aromatic N) is 2. The molecule has 2 saturated heterocycles. The highest BCUT2D eigenvalue weighted by Crippen LogP contribution is 2.22. The molecule has 0 aromatic carbocycles. The maximum atomic E-state index is 12.4. The molecule has 2 heterocycles. The van der Waals surface area contributed by atoms with Crippen molar-refractivity contribution < 1.29 is 22.8 Å². The minimum atomic E-state index is -4.45. The van der Waals surface area contributed by atoms with Crippen LogP contribution in [0.5, 0.6) is 0 Å². The Hall–Kier alpha value is -1.12. The van der Waals surface area contributed by atoms with Crippen LogP contribution < -0.4 is 5.32 Å². The lowest BCUT2D eigenvalue weighted by Crippen LogP contribution is -2.53. The van der Waals surface area contributed by atoms with Crippen molar-refractivity contribution >= 4 is 23.7 Å². The number of alkyl halides is 3. The fraction of sp³-hybridized carbons (Fsp3) is 0.833. The van der Waals surface area contributed by atoms with E-state index >= 15 is 0 Å². The molecular weight excluding hydrogens is 307 g/mol. The molecule has 2 aliphatic rings. The van der Waals surface area contributed by atoms with Gasteiger partial charge in [-0.2, -0.15) is 24.9 Å². The Morgan fingerprint density at radius 2 is 1.86 bits per heavy atom. The van der Waals surface area contributed by atoms with Gasteiger partial charge in [-0.25, -0.2) is 4.79 Å². The SMILES string of the molecule is O=C(C1CCCN1C(=O)NCC(F)(F)F)N1CCSCC1. The molecule has 0 saturated carbocycles. The van der Waals surface area contributed by atoms with E-state index < -0.39 is 24.8 Å². The van der Waals surface area contributed by atoms with Crippen molar-refractivity contribution in [2.24, 2.45) is 0 Å². The first-order valence-electron chi connectivity index (χ1n) is 6.86. The van der Waals surface area contributed by atoms with Crippen LogP contribution in [0, 0.1) is 0 Å². The first-order chi connectivity index (χ1) is 9.88. The van der Waals surface area contributed by atoms with E-state index in [0.29, 0.717) is 32.5 Å². The van der Waals surface area contributed by atoms with Crippen LogP contribution in [0.25, 0.3) is 0 Å². The van der Waals surface area contributed by atoms with Crippen LogP contribution >= 0.6 is 11.8 Å². The van der Waals surface area contributed by atoms with Gasteiger partial charge < -0.3 is 15.1 Å². The van der Waals surface area contributed by atoms with E-state index in [-0.39, 0.29) is 5.91 Å². The van der Waals surface area contributed by atoms with Gasteiger partial charge in [-0.05, 0) is 12.8 Å². The molecule has 2 aliphatic heterocycles. The molecule has 0 bridgehead atoms. The van der Waals surface area contributed by atoms with Crippen LogP contribution in [0.4, 0.5) is 18.0 Å². The number of likely N-dealkylation sites (tertiary alicyclic amines) is 1. The second-order valence-corrected chi connectivity index (χ2v) is 6.29. The van der Waals surface area contributed by atoms with Crippen molar-refractivity contribution in [3.05, 3.63) is 0 Å². The van der Waals surface area contributed by atoms with Crippen LogP contribution in [0.15, 0.2) is 0 Å². The summed E-state index contributed by atoms with van der Waals surface area (Å²) in [6.07, 6.45) is -3.29. The Morgan fingerprint density at radius 3 is 2.48 bits per heavy atom. The zero-order chi connectivity index (χ0) is 15.5. The van der Waals surface area contributed by atoms with E-state index in [4.69, 9.17) is 0 Å². The Labute approximate surface area is 125 Å². The minimum Gasteiger partial charge on any atom is -0.339 e. The first kappa shape index (κ1) is 16.3. The molecule has 1 atom stereocenters. The summed E-state index contributed by atoms with van der Waals surface area (Å²) in [6, 6.07) is -1.43. The van der Waals surface area contributed by atoms with Crippen molar-refractivity contribution in [2.75, 3.05) is 37.7 Å². The third-order valence-corrected chi connectivity index (χ3v) is 4.50. The predicted octanol–water partition coefficient (Wildman–Crippen LogP) is 1.30. The highest BCUT2D eigenvalue weighted by molar-refractivity contribution is 7.99. The first-order valence-corrected chi connectivity index (χ1v) is 8.02. The van der Waals surface area contributed by atoms with Crippen molar-refractivity contribution in [1.29, 1.82) is 0 Å². The summed E-state index contributed by atoms with van der Waals surface area (Å²) >= 11 is 1.76. The molecule has 1 N–H and O–H groups in total. The smallest absolute Gasteiger partial charge is 0.339 e. The number of rotatable bonds is 2. The second kappa shape index (κ2) is 6.76. The van der Waals surface area contributed by atoms with Gasteiger partial charge in [0.05, 0.1) is 0 Å². The molecule has 3 amide bonds. The average Bonchev–Trinajstić information content (AvgIpc) is 2.93. The topological polar surface area (TPSA) is 52.7 Å². The monoisotopic (exact) mass is 325 g/mol. The number of hydrogen-bond donors (Lipinski definition) is 1. The van der Waals surface area contributed by atoms with Crippen molar-refractivity contribution in [3.8, 4) is 0 Å². The van der Waals surface area contributed by atoms with Gasteiger partial charge >= 0.3 is 12.2 Å². The number of thioether (sulfide) groups is 1. The lowest BCUT2D eigenvalue weighted by atomic mass is 10.2. The van der Waals surface area contributed by atoms with E-state index in [1.165, 1.54) is 4.90 Å². The molecule has 0 spiro atoms. The lowest BCUT2D eigenvalue weighted by Gasteiger charge is -2.32. The largest absolute Gasteiger partial charge is 0.405 e. The van der Waals surface area contributed by atoms with Gasteiger partial charge in [0.15, 0.2) is 0 Å². The standard InChI is InChI=1S/C12H18F3N3O2S/c13-12(14,15)8-16-11(20)18-3-1-2-9(18)10(19)17-4-6-21-7-5-17/h9H,1-8H2,(H,16,20). The van der Waals surface area contributed by atoms with Gasteiger partial charge in [-0.3, -0.25) is 4.79 Å². The third kappa shape index (κ3) is 4.42. The van der Waals surface area contributed by atoms with Crippen molar-refractivity contribution in [3.63, 3.8) is 0 Å². The highest BCUT2D eigenvalue weighted by Gasteiger charge is 2.38. The Kier molecular flexibility index (Phi) is 5.23. The van der Waals surface area contributed by atoms with E-state index in [1.807, 2.05) is 5.32 Å². The predicted molar refractivity (Wildman–Crippen MR) is 73.1 cm³/mol. The molecule has 0 radical (unpaired) electrons. The number of amides is 3. The quantitative estimate of drug-likeness (QED) is 0.833. The minimum absolute atomic E-state index is 0.144. The molecule has 0 aliphatic carbocycles. The van der Waals surface area contributed by atoms with Crippen LogP contribution in [-0.4, -0.2) is 71.6 Å². The Bertz CT molecular complexity index is 400. The van der Waals surface area contributed by atoms with Crippen LogP contribution in [0.2, 0.25) is 0 Å². The summed E-state index contributed by atoms with van der Waals surface area (Å²) < 4.78 is 36.4. The van der Waals surface area contributed by atoms with Gasteiger partial charge in [-0.1, -0.05) is 0 Å². The third-order valence-electron chi connectivity index (χ3n) is 3.56. The Morgan fingerprint density at radius 1 is 1.19 bits per heavy atom. The van der Waals surface area contributed by atoms with E-state index in [9.17, 15) is 22.8 Å². The average molecular weight is 325 g/mol. The molecule has 5 nitrogen and oxygen atoms in total. The summed E-state index contributed by atoms with van der Waals surface area (Å²) in [6.45, 7) is 0.225. The van der Waals surface area contributed by atoms with Crippen LogP contribution in [0.3, 0.4) is 0 Å². The number of carbonyl (C=O) groups excluding carboxylic acids is 2. The maximum Gasteiger partial charge on any atom is 0.405 e. The summed E-state index contributed by atoms with van der Waals surface area (Å²) in [5.74, 6) is 1.58. The van der Waals surface area contributed by atoms with E-state index in [2.05, 4.69) is 0 Å². The fourth-order valence-corrected chi connectivity index (χ4v) is 3.44. The van der Waals surface area contributed by atoms with Gasteiger partial charge in [-0.15, -0.1) is 0 Å². The van der Waals surface area contributed by atoms with Gasteiger partial charge in [0.25, 0.3) is 0 Å². The number of carbonyl (C=O) groups is 2. The normalized spacial score (nSPS) is 23.3. The lowest BCUT2D eigenvalue weighted by molar-refractivity contribution is -0.134. The van der Waals surface area contributed by atoms with Crippen molar-refractivity contribution in [2.45, 2.75) is 25.1 Å². The summed E-state index contributed by atoms with van der Waals surface area (Å²) in [5.41, 5.74) is 0. The fourth-order valence-electron chi connectivity index (χ4n) is 2.54. The molecule has 1 unspecified atom stereocenters. The molecule has 2 fully saturated rings. The molecule has 0 aromatic heterocycles. The van der Waals surface area contributed by atoms with E-state index in [1.54, 1.807) is 16.7 Å². The molecule has 2 rings (SSSR count). The molecule has 9 heteroatoms. The Balaban J connectivity index is 1.92. The highest BCUT2D eigenvalue weighted by atomic mass is 32.2. The number of hydrogen-bond acceptors (Lipinski definition) is 3. The van der Waals surface area contributed by atoms with Gasteiger partial charge in [0, 0.05) is 31.1 Å². The number of nitrogens with one attached hydrogen (secondary N) is 1. The van der Waals surface area contributed by atoms with E-state index in [0.717, 1.165) is 11.5 Å². The van der Waals surface area contributed by atoms with Gasteiger partial charge in [0.1, 0.15) is 12.6 Å². The maximum absolute atomic E-state index is 12.4. The summed E-state index contributed by atoms with van der Waals surface area (Å²) in [5, 5.41) is 1.84. The zero-order valence-electron chi connectivity index (χ0n) is 11.5. The van der Waals surface area contributed by atoms with Crippen LogP contribution in [0.1, 0.15) is 12.8 Å². The molecule has 21 heavy (non-hydrogen) atoms. The molecular formula is C12H18F3N3O2S. The van der Waals surface area contributed by atoms with Crippen LogP contribution in [-0.2, 0) is 4.79 Å². The summed E-state index contributed by atoms with van der Waals surface area (Å²) in [7, 11) is 0. The van der Waals surface area contributed by atoms with Gasteiger partial charge in [0.2, 0.25) is 5.91 Å². The molecule has 0 aromatic rings. The zero-order valence-corrected chi connectivity index (χ0v) is 12.3. The summed E-state index contributed by atoms with van der Waals surface area (Å²) in [4.78, 5) is 27.2. The number of halogens is 3. The van der Waals surface area contributed by atoms with Crippen molar-refractivity contribution in [1.82, 2.24) is 15.1 Å².